The number of aryl methyl sites for hydroxylation is 1. The van der Waals surface area contributed by atoms with E-state index in [2.05, 4.69) is 36.4 Å². The lowest BCUT2D eigenvalue weighted by Gasteiger charge is -2.33. The second-order valence-electron chi connectivity index (χ2n) is 6.49. The molecule has 0 spiro atoms. The number of anilines is 2. The molecule has 1 unspecified atom stereocenters. The zero-order chi connectivity index (χ0) is 17.6. The number of hydrogen-bond acceptors (Lipinski definition) is 3. The molecule has 6 heteroatoms. The molecular weight excluding hydrogens is 380 g/mol. The molecule has 1 aromatic carbocycles. The predicted molar refractivity (Wildman–Crippen MR) is 105 cm³/mol. The predicted octanol–water partition coefficient (Wildman–Crippen LogP) is 4.19. The van der Waals surface area contributed by atoms with E-state index in [1.54, 1.807) is 0 Å². The number of aromatic nitrogens is 1. The largest absolute Gasteiger partial charge is 0.356 e. The summed E-state index contributed by atoms with van der Waals surface area (Å²) in [5.41, 5.74) is 1.99. The van der Waals surface area contributed by atoms with Crippen molar-refractivity contribution in [3.05, 3.63) is 52.6 Å². The molecule has 1 aliphatic rings. The molecule has 25 heavy (non-hydrogen) atoms. The van der Waals surface area contributed by atoms with E-state index in [1.165, 1.54) is 5.56 Å². The molecular formula is C19H23BrN4O. The summed E-state index contributed by atoms with van der Waals surface area (Å²) in [4.78, 5) is 18.8. The van der Waals surface area contributed by atoms with Crippen LogP contribution in [0.15, 0.2) is 47.1 Å². The van der Waals surface area contributed by atoms with Gasteiger partial charge in [-0.15, -0.1) is 0 Å². The fourth-order valence-electron chi connectivity index (χ4n) is 3.04. The van der Waals surface area contributed by atoms with Crippen molar-refractivity contribution in [3.63, 3.8) is 0 Å². The van der Waals surface area contributed by atoms with Crippen molar-refractivity contribution in [2.24, 2.45) is 5.92 Å². The fraction of sp³-hybridized carbons (Fsp3) is 0.368. The Balaban J connectivity index is 1.48. The van der Waals surface area contributed by atoms with Crippen LogP contribution in [-0.4, -0.2) is 30.6 Å². The Labute approximate surface area is 157 Å². The molecule has 1 aliphatic heterocycles. The first kappa shape index (κ1) is 17.7. The molecule has 2 N–H and O–H groups in total. The number of carbonyl (C=O) groups is 1. The van der Waals surface area contributed by atoms with Gasteiger partial charge in [-0.1, -0.05) is 17.7 Å². The molecule has 0 saturated carbocycles. The molecule has 1 fully saturated rings. The van der Waals surface area contributed by atoms with Crippen molar-refractivity contribution in [1.82, 2.24) is 10.3 Å². The monoisotopic (exact) mass is 402 g/mol. The number of nitrogens with one attached hydrogen (secondary N) is 2. The molecule has 2 aromatic rings. The number of rotatable bonds is 4. The summed E-state index contributed by atoms with van der Waals surface area (Å²) < 4.78 is 0.985. The molecule has 1 aromatic heterocycles. The van der Waals surface area contributed by atoms with Gasteiger partial charge >= 0.3 is 6.03 Å². The number of benzene rings is 1. The van der Waals surface area contributed by atoms with Gasteiger partial charge in [0.25, 0.3) is 0 Å². The van der Waals surface area contributed by atoms with Crippen molar-refractivity contribution < 1.29 is 4.79 Å². The lowest BCUT2D eigenvalue weighted by atomic mass is 9.98. The topological polar surface area (TPSA) is 57.3 Å². The smallest absolute Gasteiger partial charge is 0.319 e. The summed E-state index contributed by atoms with van der Waals surface area (Å²) in [5, 5.41) is 5.87. The van der Waals surface area contributed by atoms with Gasteiger partial charge in [-0.3, -0.25) is 0 Å². The molecule has 0 radical (unpaired) electrons. The van der Waals surface area contributed by atoms with Crippen LogP contribution in [-0.2, 0) is 0 Å². The minimum absolute atomic E-state index is 0.150. The van der Waals surface area contributed by atoms with Gasteiger partial charge in [0, 0.05) is 36.0 Å². The third-order valence-electron chi connectivity index (χ3n) is 4.42. The highest BCUT2D eigenvalue weighted by atomic mass is 79.9. The number of urea groups is 1. The highest BCUT2D eigenvalue weighted by molar-refractivity contribution is 9.10. The number of piperidine rings is 1. The van der Waals surface area contributed by atoms with Crippen molar-refractivity contribution in [3.8, 4) is 0 Å². The third-order valence-corrected chi connectivity index (χ3v) is 4.88. The number of nitrogens with zero attached hydrogens (tertiary/aromatic N) is 2. The standard InChI is InChI=1S/C19H23BrN4O/c1-14-4-7-17(8-5-14)23-19(25)22-11-15-3-2-10-24(13-15)18-9-6-16(20)12-21-18/h4-9,12,15H,2-3,10-11,13H2,1H3,(H2,22,23,25). The SMILES string of the molecule is Cc1ccc(NC(=O)NCC2CCCN(c3ccc(Br)cn3)C2)cc1. The number of pyridine rings is 1. The maximum Gasteiger partial charge on any atom is 0.319 e. The van der Waals surface area contributed by atoms with E-state index in [4.69, 9.17) is 0 Å². The van der Waals surface area contributed by atoms with Crippen LogP contribution in [0.5, 0.6) is 0 Å². The lowest BCUT2D eigenvalue weighted by Crippen LogP contribution is -2.42. The number of carbonyl (C=O) groups excluding carboxylic acids is 1. The molecule has 1 atom stereocenters. The highest BCUT2D eigenvalue weighted by Gasteiger charge is 2.21. The van der Waals surface area contributed by atoms with E-state index >= 15 is 0 Å². The molecule has 3 rings (SSSR count). The molecule has 2 heterocycles. The lowest BCUT2D eigenvalue weighted by molar-refractivity contribution is 0.249. The molecule has 132 valence electrons. The number of hydrogen-bond donors (Lipinski definition) is 2. The summed E-state index contributed by atoms with van der Waals surface area (Å²) in [6, 6.07) is 11.7. The summed E-state index contributed by atoms with van der Waals surface area (Å²) in [7, 11) is 0. The average Bonchev–Trinajstić information content (AvgIpc) is 2.63. The van der Waals surface area contributed by atoms with Crippen LogP contribution in [0.2, 0.25) is 0 Å². The van der Waals surface area contributed by atoms with Crippen LogP contribution in [0.25, 0.3) is 0 Å². The second-order valence-corrected chi connectivity index (χ2v) is 7.41. The summed E-state index contributed by atoms with van der Waals surface area (Å²) in [5.74, 6) is 1.43. The van der Waals surface area contributed by atoms with Gasteiger partial charge < -0.3 is 15.5 Å². The summed E-state index contributed by atoms with van der Waals surface area (Å²) in [6.45, 7) is 4.63. The Hall–Kier alpha value is -2.08. The minimum atomic E-state index is -0.150. The van der Waals surface area contributed by atoms with Crippen LogP contribution in [0, 0.1) is 12.8 Å². The maximum absolute atomic E-state index is 12.1. The fourth-order valence-corrected chi connectivity index (χ4v) is 3.28. The van der Waals surface area contributed by atoms with Crippen LogP contribution in [0.3, 0.4) is 0 Å². The quantitative estimate of drug-likeness (QED) is 0.805. The van der Waals surface area contributed by atoms with E-state index in [-0.39, 0.29) is 6.03 Å². The first-order valence-electron chi connectivity index (χ1n) is 8.58. The van der Waals surface area contributed by atoms with Gasteiger partial charge in [0.2, 0.25) is 0 Å². The van der Waals surface area contributed by atoms with Gasteiger partial charge in [0.05, 0.1) is 0 Å². The van der Waals surface area contributed by atoms with Gasteiger partial charge in [-0.2, -0.15) is 0 Å². The van der Waals surface area contributed by atoms with Crippen LogP contribution in [0.4, 0.5) is 16.3 Å². The van der Waals surface area contributed by atoms with E-state index in [0.717, 1.165) is 41.9 Å². The average molecular weight is 403 g/mol. The molecule has 0 aliphatic carbocycles. The van der Waals surface area contributed by atoms with E-state index in [1.807, 2.05) is 49.5 Å². The summed E-state index contributed by atoms with van der Waals surface area (Å²) in [6.07, 6.45) is 4.06. The highest BCUT2D eigenvalue weighted by Crippen LogP contribution is 2.22. The third kappa shape index (κ3) is 5.19. The van der Waals surface area contributed by atoms with Crippen molar-refractivity contribution in [2.75, 3.05) is 29.9 Å². The van der Waals surface area contributed by atoms with Gasteiger partial charge in [-0.25, -0.2) is 9.78 Å². The van der Waals surface area contributed by atoms with E-state index in [9.17, 15) is 4.79 Å². The Bertz CT molecular complexity index is 702. The molecule has 2 amide bonds. The first-order chi connectivity index (χ1) is 12.1. The van der Waals surface area contributed by atoms with Crippen molar-refractivity contribution in [1.29, 1.82) is 0 Å². The Morgan fingerprint density at radius 2 is 2.08 bits per heavy atom. The maximum atomic E-state index is 12.1. The summed E-state index contributed by atoms with van der Waals surface area (Å²) >= 11 is 3.42. The van der Waals surface area contributed by atoms with Crippen LogP contribution < -0.4 is 15.5 Å². The Morgan fingerprint density at radius 1 is 1.28 bits per heavy atom. The van der Waals surface area contributed by atoms with Crippen molar-refractivity contribution in [2.45, 2.75) is 19.8 Å². The molecule has 5 nitrogen and oxygen atoms in total. The Morgan fingerprint density at radius 3 is 2.80 bits per heavy atom. The van der Waals surface area contributed by atoms with E-state index in [0.29, 0.717) is 12.5 Å². The van der Waals surface area contributed by atoms with Gasteiger partial charge in [-0.05, 0) is 65.9 Å². The number of halogens is 1. The van der Waals surface area contributed by atoms with Gasteiger partial charge in [0.1, 0.15) is 5.82 Å². The number of amides is 2. The Kier molecular flexibility index (Phi) is 5.91. The van der Waals surface area contributed by atoms with E-state index < -0.39 is 0 Å². The van der Waals surface area contributed by atoms with Gasteiger partial charge in [0.15, 0.2) is 0 Å². The minimum Gasteiger partial charge on any atom is -0.356 e. The first-order valence-corrected chi connectivity index (χ1v) is 9.37. The van der Waals surface area contributed by atoms with Crippen molar-refractivity contribution >= 4 is 33.5 Å². The second kappa shape index (κ2) is 8.34. The normalized spacial score (nSPS) is 17.2. The van der Waals surface area contributed by atoms with Crippen LogP contribution in [0.1, 0.15) is 18.4 Å². The zero-order valence-corrected chi connectivity index (χ0v) is 15.9. The zero-order valence-electron chi connectivity index (χ0n) is 14.3. The molecule has 0 bridgehead atoms. The van der Waals surface area contributed by atoms with Crippen LogP contribution >= 0.6 is 15.9 Å². The molecule has 1 saturated heterocycles.